The molecule has 1 aromatic heterocycles. The first-order chi connectivity index (χ1) is 15.1. The van der Waals surface area contributed by atoms with E-state index in [1.165, 1.54) is 0 Å². The molecule has 2 heterocycles. The fourth-order valence-corrected chi connectivity index (χ4v) is 5.56. The lowest BCUT2D eigenvalue weighted by atomic mass is 10.2. The SMILES string of the molecule is Cc1c(Cl)ccc2sc(N(CCCN3CCOCC3)C(=O)CSc3ccccc3)nc12.Cl. The van der Waals surface area contributed by atoms with Gasteiger partial charge in [0.2, 0.25) is 5.91 Å². The van der Waals surface area contributed by atoms with E-state index in [1.54, 1.807) is 23.1 Å². The Kier molecular flexibility index (Phi) is 9.64. The van der Waals surface area contributed by atoms with Gasteiger partial charge in [-0.05, 0) is 43.2 Å². The van der Waals surface area contributed by atoms with Crippen molar-refractivity contribution in [1.82, 2.24) is 9.88 Å². The highest BCUT2D eigenvalue weighted by molar-refractivity contribution is 8.00. The number of benzene rings is 2. The zero-order valence-electron chi connectivity index (χ0n) is 18.0. The van der Waals surface area contributed by atoms with Crippen molar-refractivity contribution in [1.29, 1.82) is 0 Å². The van der Waals surface area contributed by atoms with Gasteiger partial charge in [0, 0.05) is 36.1 Å². The summed E-state index contributed by atoms with van der Waals surface area (Å²) >= 11 is 9.41. The molecule has 0 saturated carbocycles. The van der Waals surface area contributed by atoms with E-state index in [2.05, 4.69) is 4.90 Å². The summed E-state index contributed by atoms with van der Waals surface area (Å²) in [5.41, 5.74) is 1.84. The maximum Gasteiger partial charge on any atom is 0.239 e. The van der Waals surface area contributed by atoms with Gasteiger partial charge in [0.05, 0.1) is 29.2 Å². The van der Waals surface area contributed by atoms with E-state index in [4.69, 9.17) is 21.3 Å². The fraction of sp³-hybridized carbons (Fsp3) is 0.391. The van der Waals surface area contributed by atoms with Crippen LogP contribution in [0.5, 0.6) is 0 Å². The molecule has 0 N–H and O–H groups in total. The van der Waals surface area contributed by atoms with Gasteiger partial charge < -0.3 is 4.74 Å². The van der Waals surface area contributed by atoms with Crippen molar-refractivity contribution < 1.29 is 9.53 Å². The summed E-state index contributed by atoms with van der Waals surface area (Å²) in [7, 11) is 0. The molecule has 172 valence electrons. The van der Waals surface area contributed by atoms with Crippen molar-refractivity contribution in [2.45, 2.75) is 18.2 Å². The van der Waals surface area contributed by atoms with Crippen LogP contribution >= 0.6 is 47.1 Å². The Morgan fingerprint density at radius 1 is 1.22 bits per heavy atom. The van der Waals surface area contributed by atoms with Crippen molar-refractivity contribution in [2.75, 3.05) is 50.0 Å². The highest BCUT2D eigenvalue weighted by Crippen LogP contribution is 2.34. The number of amides is 1. The highest BCUT2D eigenvalue weighted by atomic mass is 35.5. The van der Waals surface area contributed by atoms with Gasteiger partial charge in [0.1, 0.15) is 0 Å². The van der Waals surface area contributed by atoms with E-state index in [0.717, 1.165) is 65.1 Å². The minimum atomic E-state index is 0. The largest absolute Gasteiger partial charge is 0.379 e. The Morgan fingerprint density at radius 2 is 1.97 bits per heavy atom. The summed E-state index contributed by atoms with van der Waals surface area (Å²) in [6.45, 7) is 7.06. The van der Waals surface area contributed by atoms with Crippen LogP contribution in [0.1, 0.15) is 12.0 Å². The number of anilines is 1. The first-order valence-corrected chi connectivity index (χ1v) is 12.6. The van der Waals surface area contributed by atoms with Crippen LogP contribution in [0.15, 0.2) is 47.4 Å². The van der Waals surface area contributed by atoms with Gasteiger partial charge in [-0.3, -0.25) is 14.6 Å². The molecule has 1 saturated heterocycles. The van der Waals surface area contributed by atoms with Crippen molar-refractivity contribution in [2.24, 2.45) is 0 Å². The molecule has 0 atom stereocenters. The summed E-state index contributed by atoms with van der Waals surface area (Å²) in [5, 5.41) is 1.45. The Bertz CT molecular complexity index is 1030. The highest BCUT2D eigenvalue weighted by Gasteiger charge is 2.21. The number of hydrogen-bond acceptors (Lipinski definition) is 6. The molecule has 1 aliphatic rings. The molecule has 0 bridgehead atoms. The van der Waals surface area contributed by atoms with Crippen LogP contribution in [0, 0.1) is 6.92 Å². The molecule has 0 aliphatic carbocycles. The number of nitrogens with zero attached hydrogens (tertiary/aromatic N) is 3. The lowest BCUT2D eigenvalue weighted by Gasteiger charge is -2.27. The summed E-state index contributed by atoms with van der Waals surface area (Å²) in [5.74, 6) is 0.468. The third-order valence-electron chi connectivity index (χ3n) is 5.33. The number of thioether (sulfide) groups is 1. The Labute approximate surface area is 208 Å². The van der Waals surface area contributed by atoms with E-state index in [1.807, 2.05) is 54.3 Å². The molecule has 0 radical (unpaired) electrons. The van der Waals surface area contributed by atoms with Crippen molar-refractivity contribution >= 4 is 68.4 Å². The van der Waals surface area contributed by atoms with Crippen LogP contribution in [-0.4, -0.2) is 60.9 Å². The van der Waals surface area contributed by atoms with Crippen LogP contribution in [0.4, 0.5) is 5.13 Å². The Hall–Kier alpha value is -1.35. The average Bonchev–Trinajstić information content (AvgIpc) is 3.24. The second-order valence-corrected chi connectivity index (χ2v) is 9.94. The number of halogens is 2. The second kappa shape index (κ2) is 12.2. The number of ether oxygens (including phenoxy) is 1. The summed E-state index contributed by atoms with van der Waals surface area (Å²) < 4.78 is 6.49. The van der Waals surface area contributed by atoms with Crippen LogP contribution in [0.2, 0.25) is 5.02 Å². The van der Waals surface area contributed by atoms with Crippen LogP contribution in [0.3, 0.4) is 0 Å². The number of morpholine rings is 1. The number of hydrogen-bond donors (Lipinski definition) is 0. The third kappa shape index (κ3) is 6.37. The standard InChI is InChI=1S/C23H26ClN3O2S2.ClH/c1-17-19(24)8-9-20-22(17)25-23(31-20)27(11-5-10-26-12-14-29-15-13-26)21(28)16-30-18-6-3-2-4-7-18;/h2-4,6-9H,5,10-16H2,1H3;1H. The maximum absolute atomic E-state index is 13.2. The molecule has 3 aromatic rings. The number of thiazole rings is 1. The van der Waals surface area contributed by atoms with Crippen molar-refractivity contribution in [3.63, 3.8) is 0 Å². The third-order valence-corrected chi connectivity index (χ3v) is 7.78. The molecule has 0 unspecified atom stereocenters. The molecule has 32 heavy (non-hydrogen) atoms. The lowest BCUT2D eigenvalue weighted by Crippen LogP contribution is -2.39. The zero-order valence-corrected chi connectivity index (χ0v) is 21.2. The molecule has 1 aliphatic heterocycles. The topological polar surface area (TPSA) is 45.7 Å². The van der Waals surface area contributed by atoms with Gasteiger partial charge in [-0.1, -0.05) is 41.1 Å². The molecule has 0 spiro atoms. The van der Waals surface area contributed by atoms with Gasteiger partial charge in [0.15, 0.2) is 5.13 Å². The summed E-state index contributed by atoms with van der Waals surface area (Å²) in [6, 6.07) is 13.9. The smallest absolute Gasteiger partial charge is 0.239 e. The number of carbonyl (C=O) groups excluding carboxylic acids is 1. The molecule has 9 heteroatoms. The van der Waals surface area contributed by atoms with Gasteiger partial charge in [-0.15, -0.1) is 24.2 Å². The van der Waals surface area contributed by atoms with E-state index in [9.17, 15) is 4.79 Å². The van der Waals surface area contributed by atoms with E-state index in [-0.39, 0.29) is 18.3 Å². The monoisotopic (exact) mass is 511 g/mol. The van der Waals surface area contributed by atoms with Gasteiger partial charge in [-0.25, -0.2) is 4.98 Å². The number of rotatable bonds is 8. The van der Waals surface area contributed by atoms with Crippen LogP contribution in [0.25, 0.3) is 10.2 Å². The molecular formula is C23H27Cl2N3O2S2. The fourth-order valence-electron chi connectivity index (χ4n) is 3.55. The first-order valence-electron chi connectivity index (χ1n) is 10.5. The van der Waals surface area contributed by atoms with Crippen LogP contribution < -0.4 is 4.90 Å². The number of aryl methyl sites for hydroxylation is 1. The summed E-state index contributed by atoms with van der Waals surface area (Å²) in [6.07, 6.45) is 0.900. The van der Waals surface area contributed by atoms with Gasteiger partial charge in [0.25, 0.3) is 0 Å². The summed E-state index contributed by atoms with van der Waals surface area (Å²) in [4.78, 5) is 23.4. The number of carbonyl (C=O) groups is 1. The molecule has 5 nitrogen and oxygen atoms in total. The normalized spacial score (nSPS) is 14.3. The predicted molar refractivity (Wildman–Crippen MR) is 138 cm³/mol. The zero-order chi connectivity index (χ0) is 21.6. The van der Waals surface area contributed by atoms with Crippen molar-refractivity contribution in [3.8, 4) is 0 Å². The number of fused-ring (bicyclic) bond motifs is 1. The van der Waals surface area contributed by atoms with E-state index in [0.29, 0.717) is 17.3 Å². The van der Waals surface area contributed by atoms with Gasteiger partial charge >= 0.3 is 0 Å². The predicted octanol–water partition coefficient (Wildman–Crippen LogP) is 5.53. The quantitative estimate of drug-likeness (QED) is 0.372. The lowest BCUT2D eigenvalue weighted by molar-refractivity contribution is -0.116. The first kappa shape index (κ1) is 25.3. The van der Waals surface area contributed by atoms with Gasteiger partial charge in [-0.2, -0.15) is 0 Å². The Morgan fingerprint density at radius 3 is 2.72 bits per heavy atom. The molecule has 1 amide bonds. The Balaban J connectivity index is 0.00000289. The van der Waals surface area contributed by atoms with E-state index < -0.39 is 0 Å². The maximum atomic E-state index is 13.2. The average molecular weight is 513 g/mol. The van der Waals surface area contributed by atoms with Crippen molar-refractivity contribution in [3.05, 3.63) is 53.1 Å². The molecule has 1 fully saturated rings. The second-order valence-electron chi connectivity index (χ2n) is 7.47. The number of aromatic nitrogens is 1. The van der Waals surface area contributed by atoms with Crippen LogP contribution in [-0.2, 0) is 9.53 Å². The van der Waals surface area contributed by atoms with E-state index >= 15 is 0 Å². The minimum Gasteiger partial charge on any atom is -0.379 e. The molecular weight excluding hydrogens is 485 g/mol. The molecule has 4 rings (SSSR count). The minimum absolute atomic E-state index is 0. The molecule has 2 aromatic carbocycles.